The predicted octanol–water partition coefficient (Wildman–Crippen LogP) is 2.64. The molecule has 66 valence electrons. The second-order valence-electron chi connectivity index (χ2n) is 3.97. The number of hydrogen-bond donors (Lipinski definition) is 0. The summed E-state index contributed by atoms with van der Waals surface area (Å²) in [5, 5.41) is 0. The molecule has 13 heavy (non-hydrogen) atoms. The lowest BCUT2D eigenvalue weighted by Crippen LogP contribution is -2.07. The van der Waals surface area contributed by atoms with Crippen molar-refractivity contribution in [3.05, 3.63) is 41.0 Å². The Kier molecular flexibility index (Phi) is 1.32. The van der Waals surface area contributed by atoms with Gasteiger partial charge in [0.2, 0.25) is 0 Å². The minimum atomic E-state index is 1.09. The molecule has 3 rings (SSSR count). The molecule has 1 heterocycles. The molecule has 0 unspecified atom stereocenters. The van der Waals surface area contributed by atoms with E-state index in [1.807, 2.05) is 0 Å². The second-order valence-corrected chi connectivity index (χ2v) is 3.97. The summed E-state index contributed by atoms with van der Waals surface area (Å²) in [6.07, 6.45) is 2.63. The molecule has 0 amide bonds. The smallest absolute Gasteiger partial charge is 0.0435 e. The zero-order valence-electron chi connectivity index (χ0n) is 7.88. The summed E-state index contributed by atoms with van der Waals surface area (Å²) in [7, 11) is 2.20. The Labute approximate surface area is 78.7 Å². The van der Waals surface area contributed by atoms with Gasteiger partial charge >= 0.3 is 0 Å². The Morgan fingerprint density at radius 1 is 1.15 bits per heavy atom. The van der Waals surface area contributed by atoms with E-state index in [2.05, 4.69) is 36.2 Å². The fourth-order valence-corrected chi connectivity index (χ4v) is 2.19. The van der Waals surface area contributed by atoms with Crippen LogP contribution in [-0.4, -0.2) is 11.9 Å². The quantitative estimate of drug-likeness (QED) is 0.580. The van der Waals surface area contributed by atoms with Gasteiger partial charge in [0, 0.05) is 24.9 Å². The highest BCUT2D eigenvalue weighted by Crippen LogP contribution is 2.42. The van der Waals surface area contributed by atoms with Crippen LogP contribution in [0.2, 0.25) is 0 Å². The van der Waals surface area contributed by atoms with Crippen LogP contribution in [0.25, 0.3) is 5.70 Å². The highest BCUT2D eigenvalue weighted by Gasteiger charge is 2.27. The van der Waals surface area contributed by atoms with E-state index in [1.54, 1.807) is 5.57 Å². The first-order valence-electron chi connectivity index (χ1n) is 4.88. The van der Waals surface area contributed by atoms with Crippen LogP contribution in [0.3, 0.4) is 0 Å². The Morgan fingerprint density at radius 3 is 2.69 bits per heavy atom. The fourth-order valence-electron chi connectivity index (χ4n) is 2.19. The van der Waals surface area contributed by atoms with Gasteiger partial charge in [-0.05, 0) is 24.0 Å². The van der Waals surface area contributed by atoms with Crippen LogP contribution in [0.15, 0.2) is 29.8 Å². The molecule has 1 heteroatoms. The zero-order chi connectivity index (χ0) is 8.84. The summed E-state index contributed by atoms with van der Waals surface area (Å²) in [5.41, 5.74) is 6.11. The van der Waals surface area contributed by atoms with E-state index >= 15 is 0 Å². The average molecular weight is 171 g/mol. The molecule has 1 aromatic rings. The van der Waals surface area contributed by atoms with E-state index in [0.29, 0.717) is 0 Å². The third-order valence-electron chi connectivity index (χ3n) is 2.90. The van der Waals surface area contributed by atoms with Gasteiger partial charge in [0.1, 0.15) is 0 Å². The molecule has 0 radical (unpaired) electrons. The van der Waals surface area contributed by atoms with E-state index in [4.69, 9.17) is 0 Å². The van der Waals surface area contributed by atoms with Crippen molar-refractivity contribution in [3.63, 3.8) is 0 Å². The minimum absolute atomic E-state index is 1.09. The Morgan fingerprint density at radius 2 is 1.92 bits per heavy atom. The Hall–Kier alpha value is -1.24. The van der Waals surface area contributed by atoms with Crippen molar-refractivity contribution in [1.82, 2.24) is 4.90 Å². The first-order chi connectivity index (χ1) is 6.36. The molecule has 1 fully saturated rings. The molecule has 1 nitrogen and oxygen atoms in total. The lowest BCUT2D eigenvalue weighted by Gasteiger charge is -2.12. The van der Waals surface area contributed by atoms with Gasteiger partial charge in [-0.3, -0.25) is 0 Å². The van der Waals surface area contributed by atoms with Crippen molar-refractivity contribution in [1.29, 1.82) is 0 Å². The Bertz CT molecular complexity index is 384. The maximum atomic E-state index is 2.38. The fraction of sp³-hybridized carbons (Fsp3) is 0.333. The molecule has 1 aromatic carbocycles. The van der Waals surface area contributed by atoms with E-state index in [1.165, 1.54) is 29.7 Å². The van der Waals surface area contributed by atoms with Crippen LogP contribution in [0.1, 0.15) is 24.0 Å². The number of fused-ring (bicyclic) bond motifs is 1. The van der Waals surface area contributed by atoms with Crippen molar-refractivity contribution in [2.24, 2.45) is 0 Å². The van der Waals surface area contributed by atoms with E-state index in [0.717, 1.165) is 6.54 Å². The summed E-state index contributed by atoms with van der Waals surface area (Å²) in [6, 6.07) is 8.76. The van der Waals surface area contributed by atoms with Crippen LogP contribution in [-0.2, 0) is 6.54 Å². The molecule has 0 N–H and O–H groups in total. The molecule has 1 aliphatic heterocycles. The van der Waals surface area contributed by atoms with E-state index in [9.17, 15) is 0 Å². The van der Waals surface area contributed by atoms with Crippen LogP contribution in [0.5, 0.6) is 0 Å². The molecule has 0 aromatic heterocycles. The molecule has 1 saturated carbocycles. The van der Waals surface area contributed by atoms with E-state index in [-0.39, 0.29) is 0 Å². The van der Waals surface area contributed by atoms with Crippen LogP contribution in [0.4, 0.5) is 0 Å². The summed E-state index contributed by atoms with van der Waals surface area (Å²) in [4.78, 5) is 2.38. The lowest BCUT2D eigenvalue weighted by molar-refractivity contribution is 0.499. The largest absolute Gasteiger partial charge is 0.370 e. The van der Waals surface area contributed by atoms with Gasteiger partial charge in [-0.2, -0.15) is 0 Å². The number of nitrogens with zero attached hydrogens (tertiary/aromatic N) is 1. The number of hydrogen-bond acceptors (Lipinski definition) is 1. The molecule has 2 aliphatic rings. The maximum Gasteiger partial charge on any atom is 0.0435 e. The predicted molar refractivity (Wildman–Crippen MR) is 54.1 cm³/mol. The first-order valence-corrected chi connectivity index (χ1v) is 4.88. The molecular formula is C12H13N. The number of rotatable bonds is 0. The van der Waals surface area contributed by atoms with Gasteiger partial charge in [-0.25, -0.2) is 0 Å². The molecule has 0 bridgehead atoms. The van der Waals surface area contributed by atoms with Crippen molar-refractivity contribution < 1.29 is 0 Å². The first kappa shape index (κ1) is 7.19. The molecule has 0 saturated heterocycles. The topological polar surface area (TPSA) is 3.24 Å². The summed E-state index contributed by atoms with van der Waals surface area (Å²) in [5.74, 6) is 0. The third-order valence-corrected chi connectivity index (χ3v) is 2.90. The van der Waals surface area contributed by atoms with Crippen LogP contribution >= 0.6 is 0 Å². The maximum absolute atomic E-state index is 2.38. The van der Waals surface area contributed by atoms with Crippen molar-refractivity contribution in [2.45, 2.75) is 19.4 Å². The van der Waals surface area contributed by atoms with Crippen molar-refractivity contribution in [3.8, 4) is 0 Å². The molecule has 0 spiro atoms. The van der Waals surface area contributed by atoms with Crippen molar-refractivity contribution in [2.75, 3.05) is 7.05 Å². The second kappa shape index (κ2) is 2.38. The van der Waals surface area contributed by atoms with Gasteiger partial charge in [0.15, 0.2) is 0 Å². The third kappa shape index (κ3) is 0.998. The van der Waals surface area contributed by atoms with Crippen LogP contribution < -0.4 is 0 Å². The van der Waals surface area contributed by atoms with E-state index < -0.39 is 0 Å². The van der Waals surface area contributed by atoms with Crippen LogP contribution in [0, 0.1) is 0 Å². The monoisotopic (exact) mass is 171 g/mol. The Balaban J connectivity index is 2.20. The molecule has 1 aliphatic carbocycles. The average Bonchev–Trinajstić information content (AvgIpc) is 2.88. The minimum Gasteiger partial charge on any atom is -0.370 e. The van der Waals surface area contributed by atoms with Gasteiger partial charge in [-0.1, -0.05) is 24.3 Å². The summed E-state index contributed by atoms with van der Waals surface area (Å²) >= 11 is 0. The highest BCUT2D eigenvalue weighted by molar-refractivity contribution is 5.75. The van der Waals surface area contributed by atoms with Gasteiger partial charge < -0.3 is 4.90 Å². The molecule has 0 atom stereocenters. The number of allylic oxidation sites excluding steroid dienone is 1. The standard InChI is InChI=1S/C12H13N/c1-13-8-10-4-2-3-5-11(10)12(13)9-6-7-9/h2-5H,6-8H2,1H3. The summed E-state index contributed by atoms with van der Waals surface area (Å²) in [6.45, 7) is 1.09. The zero-order valence-corrected chi connectivity index (χ0v) is 7.88. The normalized spacial score (nSPS) is 19.3. The lowest BCUT2D eigenvalue weighted by atomic mass is 10.1. The van der Waals surface area contributed by atoms with Gasteiger partial charge in [0.25, 0.3) is 0 Å². The summed E-state index contributed by atoms with van der Waals surface area (Å²) < 4.78 is 0. The van der Waals surface area contributed by atoms with Crippen molar-refractivity contribution >= 4 is 5.70 Å². The van der Waals surface area contributed by atoms with Gasteiger partial charge in [-0.15, -0.1) is 0 Å². The SMILES string of the molecule is CN1Cc2ccccc2C1=C1CC1. The highest BCUT2D eigenvalue weighted by atomic mass is 15.1. The van der Waals surface area contributed by atoms with Gasteiger partial charge in [0.05, 0.1) is 0 Å². The number of benzene rings is 1. The molecular weight excluding hydrogens is 158 g/mol.